The number of rotatable bonds is 3. The summed E-state index contributed by atoms with van der Waals surface area (Å²) in [6.45, 7) is 8.08. The molecule has 5 heteroatoms. The number of aromatic nitrogens is 3. The molecule has 0 saturated carbocycles. The highest BCUT2D eigenvalue weighted by molar-refractivity contribution is 5.04. The van der Waals surface area contributed by atoms with Crippen LogP contribution in [0.1, 0.15) is 57.2 Å². The first-order chi connectivity index (χ1) is 9.65. The molecule has 1 fully saturated rings. The van der Waals surface area contributed by atoms with E-state index < -0.39 is 0 Å². The van der Waals surface area contributed by atoms with Crippen LogP contribution in [-0.4, -0.2) is 38.8 Å². The number of fused-ring (bicyclic) bond motifs is 1. The van der Waals surface area contributed by atoms with Crippen molar-refractivity contribution in [1.29, 1.82) is 0 Å². The van der Waals surface area contributed by atoms with Crippen molar-refractivity contribution >= 4 is 0 Å². The standard InChI is InChI=1S/C15H27N5/c1-11(2)19-7-3-5-12(10-19)9-14-17-18-15-13(16)6-4-8-20(14)15/h11-13H,3-10,16H2,1-2H3. The molecule has 1 aromatic heterocycles. The molecule has 2 unspecified atom stereocenters. The Morgan fingerprint density at radius 1 is 1.20 bits per heavy atom. The molecule has 3 rings (SSSR count). The highest BCUT2D eigenvalue weighted by Gasteiger charge is 2.26. The highest BCUT2D eigenvalue weighted by atomic mass is 15.3. The third-order valence-electron chi connectivity index (χ3n) is 4.84. The average Bonchev–Trinajstić information content (AvgIpc) is 2.84. The van der Waals surface area contributed by atoms with E-state index >= 15 is 0 Å². The van der Waals surface area contributed by atoms with Gasteiger partial charge in [-0.3, -0.25) is 0 Å². The summed E-state index contributed by atoms with van der Waals surface area (Å²) < 4.78 is 2.28. The molecular formula is C15H27N5. The van der Waals surface area contributed by atoms with Gasteiger partial charge < -0.3 is 15.2 Å². The molecule has 2 N–H and O–H groups in total. The van der Waals surface area contributed by atoms with E-state index in [1.807, 2.05) is 0 Å². The summed E-state index contributed by atoms with van der Waals surface area (Å²) in [7, 11) is 0. The predicted octanol–water partition coefficient (Wildman–Crippen LogP) is 1.73. The summed E-state index contributed by atoms with van der Waals surface area (Å²) in [6.07, 6.45) is 5.88. The van der Waals surface area contributed by atoms with Crippen LogP contribution in [0.3, 0.4) is 0 Å². The third kappa shape index (κ3) is 2.74. The number of nitrogens with zero attached hydrogens (tertiary/aromatic N) is 4. The van der Waals surface area contributed by atoms with Crippen LogP contribution < -0.4 is 5.73 Å². The lowest BCUT2D eigenvalue weighted by atomic mass is 9.93. The fraction of sp³-hybridized carbons (Fsp3) is 0.867. The van der Waals surface area contributed by atoms with Crippen LogP contribution in [0.15, 0.2) is 0 Å². The predicted molar refractivity (Wildman–Crippen MR) is 79.3 cm³/mol. The zero-order valence-electron chi connectivity index (χ0n) is 12.8. The molecule has 0 aromatic carbocycles. The van der Waals surface area contributed by atoms with E-state index in [0.29, 0.717) is 6.04 Å². The van der Waals surface area contributed by atoms with Gasteiger partial charge in [0.1, 0.15) is 11.6 Å². The van der Waals surface area contributed by atoms with Gasteiger partial charge in [-0.2, -0.15) is 0 Å². The highest BCUT2D eigenvalue weighted by Crippen LogP contribution is 2.26. The van der Waals surface area contributed by atoms with Crippen molar-refractivity contribution in [3.63, 3.8) is 0 Å². The molecule has 5 nitrogen and oxygen atoms in total. The second kappa shape index (κ2) is 5.82. The van der Waals surface area contributed by atoms with Gasteiger partial charge in [-0.05, 0) is 52.0 Å². The smallest absolute Gasteiger partial charge is 0.149 e. The van der Waals surface area contributed by atoms with E-state index in [1.165, 1.54) is 25.9 Å². The van der Waals surface area contributed by atoms with Crippen molar-refractivity contribution in [2.45, 2.75) is 64.6 Å². The average molecular weight is 277 g/mol. The molecule has 0 bridgehead atoms. The third-order valence-corrected chi connectivity index (χ3v) is 4.84. The largest absolute Gasteiger partial charge is 0.321 e. The van der Waals surface area contributed by atoms with E-state index in [4.69, 9.17) is 5.73 Å². The molecule has 2 atom stereocenters. The Morgan fingerprint density at radius 3 is 2.80 bits per heavy atom. The number of nitrogens with two attached hydrogens (primary N) is 1. The maximum absolute atomic E-state index is 6.12. The minimum atomic E-state index is 0.0866. The Hall–Kier alpha value is -0.940. The monoisotopic (exact) mass is 277 g/mol. The summed E-state index contributed by atoms with van der Waals surface area (Å²) >= 11 is 0. The number of piperidine rings is 1. The first-order valence-electron chi connectivity index (χ1n) is 8.06. The lowest BCUT2D eigenvalue weighted by molar-refractivity contribution is 0.138. The van der Waals surface area contributed by atoms with Crippen LogP contribution in [0.4, 0.5) is 0 Å². The fourth-order valence-corrected chi connectivity index (χ4v) is 3.61. The summed E-state index contributed by atoms with van der Waals surface area (Å²) in [6, 6.07) is 0.738. The minimum Gasteiger partial charge on any atom is -0.321 e. The van der Waals surface area contributed by atoms with Crippen molar-refractivity contribution in [1.82, 2.24) is 19.7 Å². The van der Waals surface area contributed by atoms with Gasteiger partial charge in [-0.15, -0.1) is 10.2 Å². The van der Waals surface area contributed by atoms with Crippen LogP contribution in [0.25, 0.3) is 0 Å². The van der Waals surface area contributed by atoms with Gasteiger partial charge in [-0.25, -0.2) is 0 Å². The minimum absolute atomic E-state index is 0.0866. The molecule has 1 aromatic rings. The van der Waals surface area contributed by atoms with E-state index in [2.05, 4.69) is 33.5 Å². The first-order valence-corrected chi connectivity index (χ1v) is 8.06. The van der Waals surface area contributed by atoms with Gasteiger partial charge in [-0.1, -0.05) is 0 Å². The van der Waals surface area contributed by atoms with Crippen molar-refractivity contribution < 1.29 is 0 Å². The van der Waals surface area contributed by atoms with Crippen LogP contribution >= 0.6 is 0 Å². The SMILES string of the molecule is CC(C)N1CCCC(Cc2nnc3n2CCCC3N)C1. The van der Waals surface area contributed by atoms with E-state index in [0.717, 1.165) is 43.4 Å². The zero-order chi connectivity index (χ0) is 14.1. The van der Waals surface area contributed by atoms with Gasteiger partial charge in [0.05, 0.1) is 6.04 Å². The van der Waals surface area contributed by atoms with Gasteiger partial charge in [0.15, 0.2) is 0 Å². The topological polar surface area (TPSA) is 60.0 Å². The van der Waals surface area contributed by atoms with Crippen LogP contribution in [-0.2, 0) is 13.0 Å². The summed E-state index contributed by atoms with van der Waals surface area (Å²) in [5.41, 5.74) is 6.12. The molecule has 0 radical (unpaired) electrons. The van der Waals surface area contributed by atoms with Gasteiger partial charge >= 0.3 is 0 Å². The Morgan fingerprint density at radius 2 is 2.00 bits per heavy atom. The van der Waals surface area contributed by atoms with Crippen molar-refractivity contribution in [2.24, 2.45) is 11.7 Å². The second-order valence-corrected chi connectivity index (χ2v) is 6.68. The fourth-order valence-electron chi connectivity index (χ4n) is 3.61. The Balaban J connectivity index is 1.69. The summed E-state index contributed by atoms with van der Waals surface area (Å²) in [4.78, 5) is 2.59. The number of hydrogen-bond donors (Lipinski definition) is 1. The lowest BCUT2D eigenvalue weighted by Gasteiger charge is -2.35. The molecule has 3 heterocycles. The molecule has 20 heavy (non-hydrogen) atoms. The zero-order valence-corrected chi connectivity index (χ0v) is 12.8. The second-order valence-electron chi connectivity index (χ2n) is 6.68. The molecule has 0 spiro atoms. The van der Waals surface area contributed by atoms with E-state index in [9.17, 15) is 0 Å². The number of hydrogen-bond acceptors (Lipinski definition) is 4. The number of likely N-dealkylation sites (tertiary alicyclic amines) is 1. The summed E-state index contributed by atoms with van der Waals surface area (Å²) in [5.74, 6) is 2.88. The molecule has 2 aliphatic heterocycles. The first kappa shape index (κ1) is 14.0. The molecule has 1 saturated heterocycles. The van der Waals surface area contributed by atoms with Crippen LogP contribution in [0.2, 0.25) is 0 Å². The molecule has 112 valence electrons. The van der Waals surface area contributed by atoms with Crippen molar-refractivity contribution in [3.05, 3.63) is 11.6 Å². The van der Waals surface area contributed by atoms with Gasteiger partial charge in [0, 0.05) is 25.6 Å². The van der Waals surface area contributed by atoms with Crippen molar-refractivity contribution in [2.75, 3.05) is 13.1 Å². The Labute approximate surface area is 121 Å². The molecule has 0 aliphatic carbocycles. The van der Waals surface area contributed by atoms with E-state index in [-0.39, 0.29) is 6.04 Å². The van der Waals surface area contributed by atoms with Crippen molar-refractivity contribution in [3.8, 4) is 0 Å². The maximum atomic E-state index is 6.12. The Bertz CT molecular complexity index is 453. The van der Waals surface area contributed by atoms with Crippen LogP contribution in [0.5, 0.6) is 0 Å². The van der Waals surface area contributed by atoms with E-state index in [1.54, 1.807) is 0 Å². The molecule has 0 amide bonds. The van der Waals surface area contributed by atoms with Crippen LogP contribution in [0, 0.1) is 5.92 Å². The normalized spacial score (nSPS) is 27.8. The molecular weight excluding hydrogens is 250 g/mol. The Kier molecular flexibility index (Phi) is 4.08. The van der Waals surface area contributed by atoms with Gasteiger partial charge in [0.25, 0.3) is 0 Å². The molecule has 2 aliphatic rings. The maximum Gasteiger partial charge on any atom is 0.149 e. The quantitative estimate of drug-likeness (QED) is 0.914. The summed E-state index contributed by atoms with van der Waals surface area (Å²) in [5, 5.41) is 8.76. The lowest BCUT2D eigenvalue weighted by Crippen LogP contribution is -2.40. The van der Waals surface area contributed by atoms with Gasteiger partial charge in [0.2, 0.25) is 0 Å².